The van der Waals surface area contributed by atoms with E-state index in [0.29, 0.717) is 19.0 Å². The van der Waals surface area contributed by atoms with Gasteiger partial charge in [0, 0.05) is 38.4 Å². The zero-order chi connectivity index (χ0) is 17.9. The molecule has 2 fully saturated rings. The van der Waals surface area contributed by atoms with E-state index < -0.39 is 11.7 Å². The van der Waals surface area contributed by atoms with E-state index >= 15 is 0 Å². The van der Waals surface area contributed by atoms with E-state index in [2.05, 4.69) is 4.90 Å². The Morgan fingerprint density at radius 2 is 1.96 bits per heavy atom. The summed E-state index contributed by atoms with van der Waals surface area (Å²) in [6.07, 6.45) is -2.54. The third-order valence-corrected chi connectivity index (χ3v) is 4.91. The number of piperidine rings is 1. The van der Waals surface area contributed by atoms with Gasteiger partial charge in [0.25, 0.3) is 0 Å². The maximum Gasteiger partial charge on any atom is 0.418 e. The minimum atomic E-state index is -4.46. The standard InChI is InChI=1S/C18H22F3N3O/c19-18(20,21)16-10-14(11-22)3-4-17(16)24-5-1-2-15(13-24)12-23-6-8-25-9-7-23/h3-4,10,15H,1-2,5-9,12-13H2. The largest absolute Gasteiger partial charge is 0.418 e. The van der Waals surface area contributed by atoms with Crippen molar-refractivity contribution in [2.75, 3.05) is 50.8 Å². The third kappa shape index (κ3) is 4.44. The van der Waals surface area contributed by atoms with Gasteiger partial charge in [0.2, 0.25) is 0 Å². The number of hydrogen-bond donors (Lipinski definition) is 0. The van der Waals surface area contributed by atoms with Gasteiger partial charge in [-0.05, 0) is 37.0 Å². The number of halogens is 3. The monoisotopic (exact) mass is 353 g/mol. The topological polar surface area (TPSA) is 39.5 Å². The van der Waals surface area contributed by atoms with Crippen LogP contribution in [0.1, 0.15) is 24.0 Å². The van der Waals surface area contributed by atoms with Crippen molar-refractivity contribution >= 4 is 5.69 Å². The molecule has 0 radical (unpaired) electrons. The lowest BCUT2D eigenvalue weighted by Gasteiger charge is -2.38. The Balaban J connectivity index is 1.75. The molecule has 2 saturated heterocycles. The summed E-state index contributed by atoms with van der Waals surface area (Å²) in [6.45, 7) is 5.37. The quantitative estimate of drug-likeness (QED) is 0.837. The maximum atomic E-state index is 13.4. The molecular weight excluding hydrogens is 331 g/mol. The smallest absolute Gasteiger partial charge is 0.379 e. The second kappa shape index (κ2) is 7.63. The van der Waals surface area contributed by atoms with E-state index in [1.165, 1.54) is 12.1 Å². The second-order valence-corrected chi connectivity index (χ2v) is 6.71. The van der Waals surface area contributed by atoms with Gasteiger partial charge in [-0.1, -0.05) is 0 Å². The number of ether oxygens (including phenoxy) is 1. The van der Waals surface area contributed by atoms with E-state index in [0.717, 1.165) is 51.8 Å². The molecule has 0 saturated carbocycles. The van der Waals surface area contributed by atoms with Crippen LogP contribution in [-0.2, 0) is 10.9 Å². The highest BCUT2D eigenvalue weighted by molar-refractivity contribution is 5.58. The molecule has 2 heterocycles. The number of nitriles is 1. The maximum absolute atomic E-state index is 13.4. The molecule has 25 heavy (non-hydrogen) atoms. The molecule has 1 aromatic carbocycles. The van der Waals surface area contributed by atoms with Gasteiger partial charge >= 0.3 is 6.18 Å². The minimum absolute atomic E-state index is 0.0398. The van der Waals surface area contributed by atoms with Crippen LogP contribution in [0.5, 0.6) is 0 Å². The number of rotatable bonds is 3. The molecule has 1 atom stereocenters. The van der Waals surface area contributed by atoms with E-state index in [9.17, 15) is 13.2 Å². The van der Waals surface area contributed by atoms with Gasteiger partial charge < -0.3 is 9.64 Å². The summed E-state index contributed by atoms with van der Waals surface area (Å²) in [4.78, 5) is 4.17. The van der Waals surface area contributed by atoms with Crippen molar-refractivity contribution in [3.63, 3.8) is 0 Å². The number of anilines is 1. The highest BCUT2D eigenvalue weighted by Crippen LogP contribution is 2.38. The third-order valence-electron chi connectivity index (χ3n) is 4.91. The summed E-state index contributed by atoms with van der Waals surface area (Å²) < 4.78 is 45.6. The van der Waals surface area contributed by atoms with Gasteiger partial charge in [-0.3, -0.25) is 4.90 Å². The second-order valence-electron chi connectivity index (χ2n) is 6.71. The molecule has 136 valence electrons. The minimum Gasteiger partial charge on any atom is -0.379 e. The summed E-state index contributed by atoms with van der Waals surface area (Å²) in [5.41, 5.74) is -0.477. The average molecular weight is 353 g/mol. The fourth-order valence-corrected chi connectivity index (χ4v) is 3.69. The molecule has 2 aliphatic rings. The van der Waals surface area contributed by atoms with Crippen molar-refractivity contribution in [3.05, 3.63) is 29.3 Å². The van der Waals surface area contributed by atoms with Gasteiger partial charge in [-0.25, -0.2) is 0 Å². The van der Waals surface area contributed by atoms with Crippen molar-refractivity contribution in [2.45, 2.75) is 19.0 Å². The van der Waals surface area contributed by atoms with E-state index in [-0.39, 0.29) is 11.3 Å². The lowest BCUT2D eigenvalue weighted by atomic mass is 9.95. The molecule has 1 aromatic rings. The fraction of sp³-hybridized carbons (Fsp3) is 0.611. The van der Waals surface area contributed by atoms with Gasteiger partial charge in [0.05, 0.1) is 30.4 Å². The van der Waals surface area contributed by atoms with Crippen LogP contribution < -0.4 is 4.90 Å². The van der Waals surface area contributed by atoms with Crippen LogP contribution in [0.3, 0.4) is 0 Å². The molecule has 1 unspecified atom stereocenters. The highest BCUT2D eigenvalue weighted by Gasteiger charge is 2.36. The van der Waals surface area contributed by atoms with Crippen molar-refractivity contribution in [1.29, 1.82) is 5.26 Å². The fourth-order valence-electron chi connectivity index (χ4n) is 3.69. The van der Waals surface area contributed by atoms with E-state index in [4.69, 9.17) is 10.00 Å². The number of morpholine rings is 1. The van der Waals surface area contributed by atoms with Crippen LogP contribution in [0.4, 0.5) is 18.9 Å². The first-order valence-corrected chi connectivity index (χ1v) is 8.64. The molecule has 3 rings (SSSR count). The number of nitrogens with zero attached hydrogens (tertiary/aromatic N) is 3. The molecule has 0 aromatic heterocycles. The van der Waals surface area contributed by atoms with Crippen molar-refractivity contribution in [2.24, 2.45) is 5.92 Å². The molecule has 7 heteroatoms. The molecule has 0 aliphatic carbocycles. The van der Waals surface area contributed by atoms with Gasteiger partial charge in [0.15, 0.2) is 0 Å². The Kier molecular flexibility index (Phi) is 5.50. The SMILES string of the molecule is N#Cc1ccc(N2CCCC(CN3CCOCC3)C2)c(C(F)(F)F)c1. The van der Waals surface area contributed by atoms with Gasteiger partial charge in [0.1, 0.15) is 0 Å². The summed E-state index contributed by atoms with van der Waals surface area (Å²) in [6, 6.07) is 5.67. The van der Waals surface area contributed by atoms with Crippen molar-refractivity contribution < 1.29 is 17.9 Å². The first kappa shape index (κ1) is 18.0. The summed E-state index contributed by atoms with van der Waals surface area (Å²) in [5.74, 6) is 0.351. The normalized spacial score (nSPS) is 22.6. The van der Waals surface area contributed by atoms with Crippen LogP contribution in [0.2, 0.25) is 0 Å². The Morgan fingerprint density at radius 3 is 2.64 bits per heavy atom. The lowest BCUT2D eigenvalue weighted by Crippen LogP contribution is -2.45. The summed E-state index contributed by atoms with van der Waals surface area (Å²) >= 11 is 0. The molecule has 0 bridgehead atoms. The van der Waals surface area contributed by atoms with Gasteiger partial charge in [-0.15, -0.1) is 0 Å². The first-order valence-electron chi connectivity index (χ1n) is 8.64. The average Bonchev–Trinajstić information content (AvgIpc) is 2.61. The number of benzene rings is 1. The van der Waals surface area contributed by atoms with Crippen LogP contribution >= 0.6 is 0 Å². The number of hydrogen-bond acceptors (Lipinski definition) is 4. The van der Waals surface area contributed by atoms with Crippen molar-refractivity contribution in [3.8, 4) is 6.07 Å². The van der Waals surface area contributed by atoms with Crippen LogP contribution in [0.25, 0.3) is 0 Å². The van der Waals surface area contributed by atoms with Gasteiger partial charge in [-0.2, -0.15) is 18.4 Å². The van der Waals surface area contributed by atoms with E-state index in [1.807, 2.05) is 4.90 Å². The van der Waals surface area contributed by atoms with Crippen LogP contribution in [0, 0.1) is 17.2 Å². The van der Waals surface area contributed by atoms with Crippen LogP contribution in [-0.4, -0.2) is 50.8 Å². The summed E-state index contributed by atoms with van der Waals surface area (Å²) in [7, 11) is 0. The highest BCUT2D eigenvalue weighted by atomic mass is 19.4. The molecule has 0 amide bonds. The van der Waals surface area contributed by atoms with Crippen molar-refractivity contribution in [1.82, 2.24) is 4.90 Å². The molecular formula is C18H22F3N3O. The summed E-state index contributed by atoms with van der Waals surface area (Å²) in [5, 5.41) is 8.91. The Labute approximate surface area is 145 Å². The van der Waals surface area contributed by atoms with Crippen LogP contribution in [0.15, 0.2) is 18.2 Å². The molecule has 4 nitrogen and oxygen atoms in total. The first-order chi connectivity index (χ1) is 12.0. The molecule has 0 spiro atoms. The Hall–Kier alpha value is -1.78. The van der Waals surface area contributed by atoms with E-state index in [1.54, 1.807) is 6.07 Å². The zero-order valence-electron chi connectivity index (χ0n) is 14.1. The predicted octanol–water partition coefficient (Wildman–Crippen LogP) is 3.13. The Bertz CT molecular complexity index is 635. The molecule has 2 aliphatic heterocycles. The lowest BCUT2D eigenvalue weighted by molar-refractivity contribution is -0.137. The predicted molar refractivity (Wildman–Crippen MR) is 88.4 cm³/mol. The number of alkyl halides is 3. The molecule has 0 N–H and O–H groups in total. The zero-order valence-corrected chi connectivity index (χ0v) is 14.1. The Morgan fingerprint density at radius 1 is 1.20 bits per heavy atom.